The quantitative estimate of drug-likeness (QED) is 0.509. The molecule has 1 aliphatic heterocycles. The van der Waals surface area contributed by atoms with Crippen molar-refractivity contribution in [1.29, 1.82) is 5.26 Å². The fraction of sp³-hybridized carbons (Fsp3) is 0.391. The molecular formula is C23H21ClF3N5O3. The van der Waals surface area contributed by atoms with Crippen LogP contribution in [0.1, 0.15) is 18.4 Å². The minimum Gasteiger partial charge on any atom is -0.360 e. The number of aryl methyl sites for hydroxylation is 1. The molecular weight excluding hydrogens is 487 g/mol. The molecule has 0 spiro atoms. The van der Waals surface area contributed by atoms with Gasteiger partial charge in [-0.1, -0.05) is 23.7 Å². The zero-order valence-electron chi connectivity index (χ0n) is 18.5. The predicted octanol–water partition coefficient (Wildman–Crippen LogP) is 3.45. The molecule has 1 atom stereocenters. The van der Waals surface area contributed by atoms with Crippen molar-refractivity contribution >= 4 is 23.3 Å². The number of hydrogen-bond donors (Lipinski definition) is 0. The van der Waals surface area contributed by atoms with Crippen molar-refractivity contribution in [3.63, 3.8) is 0 Å². The first-order valence-electron chi connectivity index (χ1n) is 10.9. The van der Waals surface area contributed by atoms with E-state index in [1.54, 1.807) is 24.3 Å². The third-order valence-corrected chi connectivity index (χ3v) is 5.91. The largest absolute Gasteiger partial charge is 0.389 e. The van der Waals surface area contributed by atoms with E-state index < -0.39 is 24.3 Å². The Labute approximate surface area is 203 Å². The summed E-state index contributed by atoms with van der Waals surface area (Å²) in [6.45, 7) is 0.528. The molecule has 1 amide bonds. The van der Waals surface area contributed by atoms with Crippen molar-refractivity contribution < 1.29 is 22.7 Å². The number of alkyl halides is 3. The van der Waals surface area contributed by atoms with Crippen molar-refractivity contribution in [2.75, 3.05) is 19.7 Å². The van der Waals surface area contributed by atoms with Crippen LogP contribution in [0.3, 0.4) is 0 Å². The fourth-order valence-electron chi connectivity index (χ4n) is 3.90. The van der Waals surface area contributed by atoms with E-state index in [1.807, 2.05) is 6.07 Å². The lowest BCUT2D eigenvalue weighted by Crippen LogP contribution is -2.46. The molecule has 2 aromatic heterocycles. The maximum atomic E-state index is 13.2. The summed E-state index contributed by atoms with van der Waals surface area (Å²) in [5.74, 6) is -0.195. The van der Waals surface area contributed by atoms with Gasteiger partial charge in [0, 0.05) is 48.1 Å². The highest BCUT2D eigenvalue weighted by Gasteiger charge is 2.27. The van der Waals surface area contributed by atoms with Gasteiger partial charge in [-0.15, -0.1) is 0 Å². The summed E-state index contributed by atoms with van der Waals surface area (Å²) >= 11 is 5.94. The molecule has 1 aromatic carbocycles. The highest BCUT2D eigenvalue weighted by Crippen LogP contribution is 2.24. The number of nitriles is 1. The minimum absolute atomic E-state index is 0.0460. The molecule has 1 saturated heterocycles. The summed E-state index contributed by atoms with van der Waals surface area (Å²) < 4.78 is 46.2. The predicted molar refractivity (Wildman–Crippen MR) is 121 cm³/mol. The Kier molecular flexibility index (Phi) is 7.14. The number of aromatic nitrogens is 3. The van der Waals surface area contributed by atoms with Crippen LogP contribution in [0.2, 0.25) is 5.02 Å². The molecule has 0 saturated carbocycles. The summed E-state index contributed by atoms with van der Waals surface area (Å²) in [5, 5.41) is 9.59. The number of hydrogen-bond acceptors (Lipinski definition) is 5. The molecule has 8 nitrogen and oxygen atoms in total. The highest BCUT2D eigenvalue weighted by molar-refractivity contribution is 6.30. The number of halogens is 4. The Balaban J connectivity index is 1.69. The Bertz CT molecular complexity index is 1330. The number of amides is 1. The number of fused-ring (bicyclic) bond motifs is 1. The van der Waals surface area contributed by atoms with Crippen LogP contribution in [-0.4, -0.2) is 56.7 Å². The second-order valence-corrected chi connectivity index (χ2v) is 8.62. The normalized spacial score (nSPS) is 16.4. The molecule has 3 aromatic rings. The van der Waals surface area contributed by atoms with E-state index in [1.165, 1.54) is 26.3 Å². The van der Waals surface area contributed by atoms with Crippen LogP contribution < -0.4 is 5.56 Å². The third kappa shape index (κ3) is 5.83. The SMILES string of the molecule is N#CC1CN(C(=O)Cc2cn(CCCC(F)(F)F)c3nc(-c4ccc(Cl)cc4)cn3c2=O)CCO1. The molecule has 4 rings (SSSR count). The van der Waals surface area contributed by atoms with Gasteiger partial charge in [0.1, 0.15) is 0 Å². The molecule has 1 aliphatic rings. The lowest BCUT2D eigenvalue weighted by Gasteiger charge is -2.29. The smallest absolute Gasteiger partial charge is 0.360 e. The Morgan fingerprint density at radius 2 is 2.00 bits per heavy atom. The van der Waals surface area contributed by atoms with Crippen LogP contribution in [0.25, 0.3) is 17.0 Å². The van der Waals surface area contributed by atoms with Gasteiger partial charge in [0.15, 0.2) is 6.10 Å². The number of benzene rings is 1. The second-order valence-electron chi connectivity index (χ2n) is 8.18. The topological polar surface area (TPSA) is 92.6 Å². The van der Waals surface area contributed by atoms with Crippen LogP contribution >= 0.6 is 11.6 Å². The summed E-state index contributed by atoms with van der Waals surface area (Å²) in [6, 6.07) is 8.73. The summed E-state index contributed by atoms with van der Waals surface area (Å²) in [7, 11) is 0. The first kappa shape index (κ1) is 24.8. The van der Waals surface area contributed by atoms with Crippen LogP contribution in [0.15, 0.2) is 41.5 Å². The lowest BCUT2D eigenvalue weighted by molar-refractivity contribution is -0.136. The zero-order chi connectivity index (χ0) is 25.2. The summed E-state index contributed by atoms with van der Waals surface area (Å²) in [5.41, 5.74) is 0.748. The Morgan fingerprint density at radius 1 is 1.26 bits per heavy atom. The van der Waals surface area contributed by atoms with Crippen molar-refractivity contribution in [3.05, 3.63) is 57.6 Å². The average Bonchev–Trinajstić information content (AvgIpc) is 3.27. The standard InChI is InChI=1S/C23H21ClF3N5O3/c24-17-4-2-15(3-5-17)19-14-32-21(34)16(10-20(33)30-8-9-35-18(11-28)13-30)12-31(22(32)29-19)7-1-6-23(25,26)27/h2-5,12,14,18H,1,6-10,13H2. The van der Waals surface area contributed by atoms with E-state index in [-0.39, 0.29) is 56.3 Å². The van der Waals surface area contributed by atoms with Gasteiger partial charge >= 0.3 is 6.18 Å². The van der Waals surface area contributed by atoms with E-state index in [0.717, 1.165) is 0 Å². The van der Waals surface area contributed by atoms with E-state index in [9.17, 15) is 22.8 Å². The molecule has 0 radical (unpaired) electrons. The monoisotopic (exact) mass is 507 g/mol. The van der Waals surface area contributed by atoms with Gasteiger partial charge in [-0.3, -0.25) is 14.0 Å². The van der Waals surface area contributed by atoms with E-state index in [2.05, 4.69) is 4.98 Å². The van der Waals surface area contributed by atoms with Crippen molar-refractivity contribution in [2.45, 2.75) is 38.1 Å². The molecule has 1 fully saturated rings. The molecule has 1 unspecified atom stereocenters. The van der Waals surface area contributed by atoms with Crippen molar-refractivity contribution in [1.82, 2.24) is 18.9 Å². The Hall–Kier alpha value is -3.36. The molecule has 0 N–H and O–H groups in total. The third-order valence-electron chi connectivity index (χ3n) is 5.65. The number of carbonyl (C=O) groups excluding carboxylic acids is 1. The number of ether oxygens (including phenoxy) is 1. The van der Waals surface area contributed by atoms with Gasteiger partial charge in [0.25, 0.3) is 5.56 Å². The van der Waals surface area contributed by atoms with Gasteiger partial charge < -0.3 is 14.2 Å². The van der Waals surface area contributed by atoms with Gasteiger partial charge in [-0.2, -0.15) is 18.4 Å². The molecule has 3 heterocycles. The van der Waals surface area contributed by atoms with Crippen LogP contribution in [0.5, 0.6) is 0 Å². The van der Waals surface area contributed by atoms with Crippen molar-refractivity contribution in [2.24, 2.45) is 0 Å². The fourth-order valence-corrected chi connectivity index (χ4v) is 4.03. The molecule has 0 bridgehead atoms. The first-order chi connectivity index (χ1) is 16.6. The number of carbonyl (C=O) groups is 1. The van der Waals surface area contributed by atoms with E-state index in [4.69, 9.17) is 21.6 Å². The van der Waals surface area contributed by atoms with Gasteiger partial charge in [-0.25, -0.2) is 4.98 Å². The van der Waals surface area contributed by atoms with E-state index in [0.29, 0.717) is 16.3 Å². The number of rotatable bonds is 6. The lowest BCUT2D eigenvalue weighted by atomic mass is 10.2. The van der Waals surface area contributed by atoms with Crippen molar-refractivity contribution in [3.8, 4) is 17.3 Å². The molecule has 35 heavy (non-hydrogen) atoms. The highest BCUT2D eigenvalue weighted by atomic mass is 35.5. The Morgan fingerprint density at radius 3 is 2.69 bits per heavy atom. The maximum absolute atomic E-state index is 13.2. The number of morpholine rings is 1. The molecule has 0 aliphatic carbocycles. The number of imidazole rings is 1. The molecule has 184 valence electrons. The summed E-state index contributed by atoms with van der Waals surface area (Å²) in [4.78, 5) is 32.0. The maximum Gasteiger partial charge on any atom is 0.389 e. The van der Waals surface area contributed by atoms with Crippen LogP contribution in [0.4, 0.5) is 13.2 Å². The van der Waals surface area contributed by atoms with Gasteiger partial charge in [0.2, 0.25) is 11.7 Å². The average molecular weight is 508 g/mol. The first-order valence-corrected chi connectivity index (χ1v) is 11.3. The van der Waals surface area contributed by atoms with Crippen LogP contribution in [0, 0.1) is 11.3 Å². The molecule has 12 heteroatoms. The van der Waals surface area contributed by atoms with Crippen LogP contribution in [-0.2, 0) is 22.5 Å². The zero-order valence-corrected chi connectivity index (χ0v) is 19.2. The van der Waals surface area contributed by atoms with Gasteiger partial charge in [0.05, 0.1) is 31.3 Å². The minimum atomic E-state index is -4.31. The van der Waals surface area contributed by atoms with Gasteiger partial charge in [-0.05, 0) is 18.6 Å². The number of nitrogens with zero attached hydrogens (tertiary/aromatic N) is 5. The second kappa shape index (κ2) is 10.1. The summed E-state index contributed by atoms with van der Waals surface area (Å²) in [6.07, 6.45) is -3.64. The van der Waals surface area contributed by atoms with E-state index >= 15 is 0 Å².